The molecule has 9 heteroatoms. The van der Waals surface area contributed by atoms with Crippen LogP contribution in [0.5, 0.6) is 0 Å². The quantitative estimate of drug-likeness (QED) is 0.430. The number of hydrogen-bond donors (Lipinski definition) is 2. The van der Waals surface area contributed by atoms with Crippen molar-refractivity contribution in [2.24, 2.45) is 5.92 Å². The van der Waals surface area contributed by atoms with Crippen LogP contribution in [-0.4, -0.2) is 69.9 Å². The van der Waals surface area contributed by atoms with E-state index in [0.29, 0.717) is 23.5 Å². The van der Waals surface area contributed by atoms with Crippen LogP contribution in [0.3, 0.4) is 0 Å². The molecule has 182 valence electrons. The van der Waals surface area contributed by atoms with Crippen LogP contribution in [0.15, 0.2) is 36.5 Å². The van der Waals surface area contributed by atoms with Gasteiger partial charge in [-0.15, -0.1) is 0 Å². The third kappa shape index (κ3) is 5.83. The molecule has 1 aliphatic carbocycles. The molecule has 2 aliphatic rings. The average Bonchev–Trinajstić information content (AvgIpc) is 3.24. The lowest BCUT2D eigenvalue weighted by molar-refractivity contribution is -0.139. The number of carbonyl (C=O) groups excluding carboxylic acids is 2. The Bertz CT molecular complexity index is 1070. The van der Waals surface area contributed by atoms with Crippen molar-refractivity contribution >= 4 is 28.7 Å². The first kappa shape index (κ1) is 23.9. The summed E-state index contributed by atoms with van der Waals surface area (Å²) in [7, 11) is 0. The van der Waals surface area contributed by atoms with E-state index in [0.717, 1.165) is 49.5 Å². The molecule has 1 aliphatic heterocycles. The lowest BCUT2D eigenvalue weighted by Gasteiger charge is -2.41. The fraction of sp³-hybridized carbons (Fsp3) is 0.520. The first-order valence-electron chi connectivity index (χ1n) is 12.0. The highest BCUT2D eigenvalue weighted by atomic mass is 16.5. The third-order valence-corrected chi connectivity index (χ3v) is 6.87. The van der Waals surface area contributed by atoms with Crippen LogP contribution in [0.1, 0.15) is 55.4 Å². The number of fused-ring (bicyclic) bond motifs is 1. The molecule has 0 bridgehead atoms. The first-order chi connectivity index (χ1) is 16.4. The molecule has 1 unspecified atom stereocenters. The summed E-state index contributed by atoms with van der Waals surface area (Å²) in [5.74, 6) is -1.57. The van der Waals surface area contributed by atoms with E-state index in [2.05, 4.69) is 15.3 Å². The second-order valence-corrected chi connectivity index (χ2v) is 9.28. The summed E-state index contributed by atoms with van der Waals surface area (Å²) >= 11 is 0. The van der Waals surface area contributed by atoms with Crippen LogP contribution in [0.2, 0.25) is 0 Å². The Kier molecular flexibility index (Phi) is 7.62. The number of nitrogens with one attached hydrogen (secondary N) is 1. The molecule has 2 heterocycles. The maximum Gasteiger partial charge on any atom is 0.331 e. The zero-order valence-corrected chi connectivity index (χ0v) is 19.5. The number of esters is 1. The van der Waals surface area contributed by atoms with Crippen molar-refractivity contribution in [2.45, 2.75) is 51.1 Å². The van der Waals surface area contributed by atoms with E-state index in [-0.39, 0.29) is 18.6 Å². The molecule has 2 N–H and O–H groups in total. The molecule has 9 nitrogen and oxygen atoms in total. The molecular formula is C25H32N4O5. The average molecular weight is 469 g/mol. The zero-order valence-electron chi connectivity index (χ0n) is 19.5. The van der Waals surface area contributed by atoms with E-state index in [1.165, 1.54) is 19.3 Å². The number of rotatable bonds is 9. The van der Waals surface area contributed by atoms with Crippen molar-refractivity contribution < 1.29 is 24.2 Å². The number of amides is 1. The number of ether oxygens (including phenoxy) is 1. The van der Waals surface area contributed by atoms with Crippen LogP contribution in [-0.2, 0) is 14.3 Å². The number of hydrogen-bond acceptors (Lipinski definition) is 6. The topological polar surface area (TPSA) is 114 Å². The number of carboxylic acids is 1. The van der Waals surface area contributed by atoms with Gasteiger partial charge in [-0.2, -0.15) is 5.10 Å². The van der Waals surface area contributed by atoms with Crippen molar-refractivity contribution in [2.75, 3.05) is 26.2 Å². The van der Waals surface area contributed by atoms with E-state index < -0.39 is 11.9 Å². The first-order valence-corrected chi connectivity index (χ1v) is 12.0. The summed E-state index contributed by atoms with van der Waals surface area (Å²) in [5.41, 5.74) is 1.13. The minimum absolute atomic E-state index is 0.0257. The Labute approximate surface area is 198 Å². The van der Waals surface area contributed by atoms with Gasteiger partial charge in [-0.25, -0.2) is 9.59 Å². The Balaban J connectivity index is 1.32. The lowest BCUT2D eigenvalue weighted by atomic mass is 9.88. The highest BCUT2D eigenvalue weighted by Crippen LogP contribution is 2.29. The van der Waals surface area contributed by atoms with Gasteiger partial charge in [0.25, 0.3) is 5.91 Å². The van der Waals surface area contributed by atoms with Crippen molar-refractivity contribution in [3.05, 3.63) is 42.1 Å². The van der Waals surface area contributed by atoms with Gasteiger partial charge in [-0.1, -0.05) is 18.6 Å². The Hall–Kier alpha value is -3.20. The molecule has 2 fully saturated rings. The van der Waals surface area contributed by atoms with Gasteiger partial charge < -0.3 is 20.1 Å². The van der Waals surface area contributed by atoms with Crippen LogP contribution < -0.4 is 5.32 Å². The Morgan fingerprint density at radius 1 is 1.21 bits per heavy atom. The van der Waals surface area contributed by atoms with E-state index >= 15 is 0 Å². The van der Waals surface area contributed by atoms with Gasteiger partial charge in [-0.3, -0.25) is 9.48 Å². The van der Waals surface area contributed by atoms with E-state index in [9.17, 15) is 14.4 Å². The van der Waals surface area contributed by atoms with E-state index in [1.54, 1.807) is 10.7 Å². The number of aromatic nitrogens is 2. The number of nitrogens with zero attached hydrogens (tertiary/aromatic N) is 3. The van der Waals surface area contributed by atoms with Crippen LogP contribution in [0.4, 0.5) is 0 Å². The smallest absolute Gasteiger partial charge is 0.331 e. The van der Waals surface area contributed by atoms with Crippen molar-refractivity contribution in [1.29, 1.82) is 0 Å². The summed E-state index contributed by atoms with van der Waals surface area (Å²) in [6, 6.07) is 6.00. The summed E-state index contributed by atoms with van der Waals surface area (Å²) in [4.78, 5) is 37.7. The van der Waals surface area contributed by atoms with Gasteiger partial charge in [0.15, 0.2) is 0 Å². The molecule has 0 radical (unpaired) electrons. The monoisotopic (exact) mass is 468 g/mol. The lowest BCUT2D eigenvalue weighted by Crippen LogP contribution is -2.46. The van der Waals surface area contributed by atoms with Gasteiger partial charge in [0.05, 0.1) is 11.6 Å². The fourth-order valence-corrected chi connectivity index (χ4v) is 4.55. The SMILES string of the molecule is CC(COC(=O)/C=C/C(=O)O)n1cc2cccc(C(=O)NCC3CCN(C4CCC4)CC3)c2n1. The Morgan fingerprint density at radius 3 is 2.65 bits per heavy atom. The number of likely N-dealkylation sites (tertiary alicyclic amines) is 1. The highest BCUT2D eigenvalue weighted by Gasteiger charge is 2.29. The normalized spacial score (nSPS) is 18.6. The number of carbonyl (C=O) groups is 3. The molecule has 4 rings (SSSR count). The van der Waals surface area contributed by atoms with Crippen LogP contribution >= 0.6 is 0 Å². The van der Waals surface area contributed by atoms with Gasteiger partial charge in [-0.05, 0) is 57.7 Å². The number of benzene rings is 1. The second-order valence-electron chi connectivity index (χ2n) is 9.28. The molecule has 2 aromatic rings. The standard InChI is InChI=1S/C25H32N4O5/c1-17(16-34-23(32)9-8-22(30)31)29-15-19-4-2-7-21(24(19)27-29)25(33)26-14-18-10-12-28(13-11-18)20-5-3-6-20/h2,4,7-9,15,17-18,20H,3,5-6,10-14,16H2,1H3,(H,26,33)(H,30,31)/b9-8+. The largest absolute Gasteiger partial charge is 0.478 e. The predicted octanol–water partition coefficient (Wildman–Crippen LogP) is 2.78. The molecule has 1 atom stereocenters. The van der Waals surface area contributed by atoms with Crippen LogP contribution in [0.25, 0.3) is 10.9 Å². The number of carboxylic acid groups (broad SMARTS) is 1. The van der Waals surface area contributed by atoms with Crippen molar-refractivity contribution in [1.82, 2.24) is 20.0 Å². The number of piperidine rings is 1. The molecule has 1 amide bonds. The fourth-order valence-electron chi connectivity index (χ4n) is 4.55. The van der Waals surface area contributed by atoms with E-state index in [4.69, 9.17) is 9.84 Å². The minimum atomic E-state index is -1.21. The van der Waals surface area contributed by atoms with Crippen LogP contribution in [0, 0.1) is 5.92 Å². The highest BCUT2D eigenvalue weighted by molar-refractivity contribution is 6.05. The Morgan fingerprint density at radius 2 is 1.97 bits per heavy atom. The summed E-state index contributed by atoms with van der Waals surface area (Å²) in [6.07, 6.45) is 9.68. The maximum absolute atomic E-state index is 13.0. The maximum atomic E-state index is 13.0. The summed E-state index contributed by atoms with van der Waals surface area (Å²) in [6.45, 7) is 4.78. The summed E-state index contributed by atoms with van der Waals surface area (Å²) in [5, 5.41) is 17.1. The molecule has 1 saturated heterocycles. The molecule has 1 saturated carbocycles. The van der Waals surface area contributed by atoms with E-state index in [1.807, 2.05) is 25.3 Å². The molecule has 0 spiro atoms. The van der Waals surface area contributed by atoms with Crippen molar-refractivity contribution in [3.63, 3.8) is 0 Å². The third-order valence-electron chi connectivity index (χ3n) is 6.87. The molecular weight excluding hydrogens is 436 g/mol. The zero-order chi connectivity index (χ0) is 24.1. The van der Waals surface area contributed by atoms with Gasteiger partial charge in [0.2, 0.25) is 0 Å². The molecule has 34 heavy (non-hydrogen) atoms. The predicted molar refractivity (Wildman–Crippen MR) is 126 cm³/mol. The van der Waals surface area contributed by atoms with Gasteiger partial charge in [0, 0.05) is 36.3 Å². The number of aliphatic carboxylic acids is 1. The van der Waals surface area contributed by atoms with Crippen molar-refractivity contribution in [3.8, 4) is 0 Å². The van der Waals surface area contributed by atoms with Gasteiger partial charge >= 0.3 is 11.9 Å². The molecule has 1 aromatic heterocycles. The second kappa shape index (κ2) is 10.8. The molecule has 1 aromatic carbocycles. The minimum Gasteiger partial charge on any atom is -0.478 e. The summed E-state index contributed by atoms with van der Waals surface area (Å²) < 4.78 is 6.75. The van der Waals surface area contributed by atoms with Gasteiger partial charge in [0.1, 0.15) is 12.1 Å².